The number of hydrogen-bond donors (Lipinski definition) is 1. The zero-order valence-electron chi connectivity index (χ0n) is 11.4. The van der Waals surface area contributed by atoms with Crippen LogP contribution in [0.15, 0.2) is 0 Å². The van der Waals surface area contributed by atoms with Crippen molar-refractivity contribution in [2.24, 2.45) is 17.1 Å². The number of alkyl halides is 3. The molecular weight excluding hydrogens is 243 g/mol. The Balaban J connectivity index is 2.43. The van der Waals surface area contributed by atoms with E-state index in [9.17, 15) is 13.2 Å². The maximum atomic E-state index is 12.1. The van der Waals surface area contributed by atoms with E-state index in [2.05, 4.69) is 20.8 Å². The van der Waals surface area contributed by atoms with E-state index < -0.39 is 12.6 Å². The van der Waals surface area contributed by atoms with Gasteiger partial charge in [0.2, 0.25) is 0 Å². The van der Waals surface area contributed by atoms with Crippen molar-refractivity contribution in [3.63, 3.8) is 0 Å². The molecule has 1 aliphatic carbocycles. The molecule has 1 aliphatic rings. The second kappa shape index (κ2) is 5.78. The number of hydrogen-bond acceptors (Lipinski definition) is 2. The predicted molar refractivity (Wildman–Crippen MR) is 65.2 cm³/mol. The lowest BCUT2D eigenvalue weighted by Crippen LogP contribution is -2.44. The number of rotatable bonds is 3. The molecule has 0 aromatic rings. The molecule has 18 heavy (non-hydrogen) atoms. The second-order valence-corrected chi connectivity index (χ2v) is 6.31. The predicted octanol–water partition coefficient (Wildman–Crippen LogP) is 3.50. The van der Waals surface area contributed by atoms with E-state index in [1.165, 1.54) is 0 Å². The summed E-state index contributed by atoms with van der Waals surface area (Å²) >= 11 is 0. The molecule has 0 amide bonds. The molecule has 0 aliphatic heterocycles. The van der Waals surface area contributed by atoms with Gasteiger partial charge in [0.15, 0.2) is 0 Å². The molecule has 0 spiro atoms. The maximum Gasteiger partial charge on any atom is 0.391 e. The average molecular weight is 267 g/mol. The van der Waals surface area contributed by atoms with Gasteiger partial charge in [-0.05, 0) is 30.6 Å². The lowest BCUT2D eigenvalue weighted by atomic mass is 9.70. The van der Waals surface area contributed by atoms with Gasteiger partial charge >= 0.3 is 6.18 Å². The molecule has 0 aromatic heterocycles. The van der Waals surface area contributed by atoms with Gasteiger partial charge in [-0.1, -0.05) is 20.8 Å². The van der Waals surface area contributed by atoms with Crippen LogP contribution in [-0.2, 0) is 4.74 Å². The minimum absolute atomic E-state index is 0.128. The highest BCUT2D eigenvalue weighted by atomic mass is 19.4. The molecule has 1 saturated carbocycles. The third-order valence-corrected chi connectivity index (χ3v) is 3.79. The lowest BCUT2D eigenvalue weighted by molar-refractivity contribution is -0.152. The maximum absolute atomic E-state index is 12.1. The fraction of sp³-hybridized carbons (Fsp3) is 1.00. The van der Waals surface area contributed by atoms with Gasteiger partial charge in [-0.3, -0.25) is 0 Å². The van der Waals surface area contributed by atoms with Crippen LogP contribution >= 0.6 is 0 Å². The van der Waals surface area contributed by atoms with Crippen molar-refractivity contribution in [3.8, 4) is 0 Å². The van der Waals surface area contributed by atoms with Gasteiger partial charge in [0, 0.05) is 6.04 Å². The van der Waals surface area contributed by atoms with Crippen molar-refractivity contribution < 1.29 is 17.9 Å². The summed E-state index contributed by atoms with van der Waals surface area (Å²) in [5, 5.41) is 0. The fourth-order valence-corrected chi connectivity index (χ4v) is 2.46. The Bertz CT molecular complexity index is 260. The summed E-state index contributed by atoms with van der Waals surface area (Å²) in [6, 6.07) is -0.128. The Kier molecular flexibility index (Phi) is 5.06. The Morgan fingerprint density at radius 1 is 1.17 bits per heavy atom. The Labute approximate surface area is 107 Å². The van der Waals surface area contributed by atoms with Gasteiger partial charge in [-0.2, -0.15) is 13.2 Å². The van der Waals surface area contributed by atoms with Gasteiger partial charge in [0.1, 0.15) is 0 Å². The van der Waals surface area contributed by atoms with E-state index in [1.54, 1.807) is 0 Å². The zero-order chi connectivity index (χ0) is 14.0. The molecule has 0 aromatic carbocycles. The minimum atomic E-state index is -4.15. The molecule has 108 valence electrons. The summed E-state index contributed by atoms with van der Waals surface area (Å²) in [6.45, 7) is 6.18. The van der Waals surface area contributed by atoms with Crippen molar-refractivity contribution in [3.05, 3.63) is 0 Å². The molecule has 0 heterocycles. The van der Waals surface area contributed by atoms with Gasteiger partial charge in [-0.25, -0.2) is 0 Å². The first-order valence-corrected chi connectivity index (χ1v) is 6.53. The number of halogens is 3. The van der Waals surface area contributed by atoms with Gasteiger partial charge in [0.25, 0.3) is 0 Å². The molecule has 2 nitrogen and oxygen atoms in total. The summed E-state index contributed by atoms with van der Waals surface area (Å²) in [7, 11) is 0. The monoisotopic (exact) mass is 267 g/mol. The van der Waals surface area contributed by atoms with Gasteiger partial charge < -0.3 is 10.5 Å². The number of ether oxygens (including phenoxy) is 1. The topological polar surface area (TPSA) is 35.2 Å². The van der Waals surface area contributed by atoms with Crippen LogP contribution in [0.3, 0.4) is 0 Å². The molecule has 1 fully saturated rings. The molecule has 0 radical (unpaired) electrons. The Hall–Kier alpha value is -0.290. The lowest BCUT2D eigenvalue weighted by Gasteiger charge is -2.40. The molecule has 0 saturated heterocycles. The van der Waals surface area contributed by atoms with E-state index in [-0.39, 0.29) is 24.2 Å². The first-order chi connectivity index (χ1) is 8.09. The third kappa shape index (κ3) is 5.14. The minimum Gasteiger partial charge on any atom is -0.376 e. The molecule has 1 rings (SSSR count). The molecular formula is C13H24F3NO. The summed E-state index contributed by atoms with van der Waals surface area (Å²) in [5.74, 6) is 0.466. The van der Waals surface area contributed by atoms with E-state index in [4.69, 9.17) is 10.5 Å². The van der Waals surface area contributed by atoms with Crippen LogP contribution in [0, 0.1) is 11.3 Å². The van der Waals surface area contributed by atoms with Gasteiger partial charge in [0.05, 0.1) is 19.1 Å². The molecule has 3 unspecified atom stereocenters. The molecule has 5 heteroatoms. The third-order valence-electron chi connectivity index (χ3n) is 3.79. The zero-order valence-corrected chi connectivity index (χ0v) is 11.4. The van der Waals surface area contributed by atoms with Crippen LogP contribution in [0.25, 0.3) is 0 Å². The highest BCUT2D eigenvalue weighted by molar-refractivity contribution is 4.88. The second-order valence-electron chi connectivity index (χ2n) is 6.31. The quantitative estimate of drug-likeness (QED) is 0.849. The van der Waals surface area contributed by atoms with E-state index in [0.717, 1.165) is 19.3 Å². The summed E-state index contributed by atoms with van der Waals surface area (Å²) < 4.78 is 41.5. The summed E-state index contributed by atoms with van der Waals surface area (Å²) in [4.78, 5) is 0. The molecule has 2 N–H and O–H groups in total. The smallest absolute Gasteiger partial charge is 0.376 e. The summed E-state index contributed by atoms with van der Waals surface area (Å²) in [5.41, 5.74) is 6.09. The van der Waals surface area contributed by atoms with Crippen molar-refractivity contribution in [2.45, 2.75) is 64.8 Å². The van der Waals surface area contributed by atoms with Crippen molar-refractivity contribution in [2.75, 3.05) is 6.61 Å². The van der Waals surface area contributed by atoms with Crippen LogP contribution in [0.5, 0.6) is 0 Å². The van der Waals surface area contributed by atoms with Gasteiger partial charge in [-0.15, -0.1) is 0 Å². The first-order valence-electron chi connectivity index (χ1n) is 6.53. The van der Waals surface area contributed by atoms with Crippen LogP contribution in [0.4, 0.5) is 13.2 Å². The average Bonchev–Trinajstić information content (AvgIpc) is 2.17. The number of nitrogens with two attached hydrogens (primary N) is 1. The van der Waals surface area contributed by atoms with Crippen molar-refractivity contribution >= 4 is 0 Å². The highest BCUT2D eigenvalue weighted by Gasteiger charge is 2.35. The summed E-state index contributed by atoms with van der Waals surface area (Å²) in [6.07, 6.45) is -2.64. The van der Waals surface area contributed by atoms with Crippen LogP contribution in [-0.4, -0.2) is 24.9 Å². The van der Waals surface area contributed by atoms with E-state index in [0.29, 0.717) is 5.92 Å². The van der Waals surface area contributed by atoms with Crippen molar-refractivity contribution in [1.82, 2.24) is 0 Å². The molecule has 3 atom stereocenters. The normalized spacial score (nSPS) is 30.5. The Morgan fingerprint density at radius 3 is 2.28 bits per heavy atom. The van der Waals surface area contributed by atoms with E-state index in [1.807, 2.05) is 0 Å². The standard InChI is InChI=1S/C13H24F3NO/c1-12(2,3)9-4-5-10(17)11(8-9)18-7-6-13(14,15)16/h9-11H,4-8,17H2,1-3H3. The Morgan fingerprint density at radius 2 is 1.78 bits per heavy atom. The van der Waals surface area contributed by atoms with Crippen LogP contribution in [0.1, 0.15) is 46.5 Å². The largest absolute Gasteiger partial charge is 0.391 e. The fourth-order valence-electron chi connectivity index (χ4n) is 2.46. The van der Waals surface area contributed by atoms with E-state index >= 15 is 0 Å². The molecule has 0 bridgehead atoms. The SMILES string of the molecule is CC(C)(C)C1CCC(N)C(OCCC(F)(F)F)C1. The first kappa shape index (κ1) is 15.8. The van der Waals surface area contributed by atoms with Crippen molar-refractivity contribution in [1.29, 1.82) is 0 Å². The highest BCUT2D eigenvalue weighted by Crippen LogP contribution is 2.38. The van der Waals surface area contributed by atoms with Crippen LogP contribution < -0.4 is 5.73 Å². The van der Waals surface area contributed by atoms with Crippen LogP contribution in [0.2, 0.25) is 0 Å².